The first-order chi connectivity index (χ1) is 13.0. The predicted octanol–water partition coefficient (Wildman–Crippen LogP) is -0.873. The van der Waals surface area contributed by atoms with Crippen LogP contribution in [-0.4, -0.2) is 63.9 Å². The molecule has 3 amide bonds. The minimum absolute atomic E-state index is 0.0624. The normalized spacial score (nSPS) is 20.6. The summed E-state index contributed by atoms with van der Waals surface area (Å²) in [4.78, 5) is 26.4. The number of halogens is 1. The standard InChI is InChI=1S/C19H29ClN4O3/c1-3-15(2)21-19(26)22-18(25)14-24-10-8-23(9-11-24)12-13-27-17-6-4-16(20)5-7-17/h4-7,15H,3,8-14H2,1-2H3,(H2,21,22,25,26)/p+2/t15-/m0/s1. The Balaban J connectivity index is 1.60. The molecule has 1 aromatic carbocycles. The van der Waals surface area contributed by atoms with Gasteiger partial charge < -0.3 is 19.9 Å². The molecule has 1 saturated heterocycles. The molecule has 0 bridgehead atoms. The van der Waals surface area contributed by atoms with Crippen molar-refractivity contribution in [2.75, 3.05) is 45.9 Å². The Morgan fingerprint density at radius 1 is 1.15 bits per heavy atom. The van der Waals surface area contributed by atoms with Gasteiger partial charge in [-0.2, -0.15) is 0 Å². The molecule has 1 fully saturated rings. The van der Waals surface area contributed by atoms with Crippen molar-refractivity contribution >= 4 is 23.5 Å². The molecular formula is C19H31ClN4O3+2. The molecule has 1 atom stereocenters. The first kappa shape index (κ1) is 21.5. The Hall–Kier alpha value is -1.83. The van der Waals surface area contributed by atoms with Crippen LogP contribution in [0.1, 0.15) is 20.3 Å². The molecule has 1 aliphatic rings. The zero-order valence-corrected chi connectivity index (χ0v) is 16.9. The molecule has 1 heterocycles. The molecule has 150 valence electrons. The van der Waals surface area contributed by atoms with Crippen LogP contribution in [0.5, 0.6) is 5.75 Å². The third-order valence-electron chi connectivity index (χ3n) is 4.86. The average Bonchev–Trinajstić information content (AvgIpc) is 2.64. The molecule has 27 heavy (non-hydrogen) atoms. The number of piperazine rings is 1. The van der Waals surface area contributed by atoms with Gasteiger partial charge >= 0.3 is 6.03 Å². The molecule has 8 heteroatoms. The van der Waals surface area contributed by atoms with Crippen molar-refractivity contribution in [2.45, 2.75) is 26.3 Å². The van der Waals surface area contributed by atoms with E-state index in [9.17, 15) is 9.59 Å². The molecule has 7 nitrogen and oxygen atoms in total. The summed E-state index contributed by atoms with van der Waals surface area (Å²) >= 11 is 5.86. The van der Waals surface area contributed by atoms with Crippen molar-refractivity contribution in [3.63, 3.8) is 0 Å². The summed E-state index contributed by atoms with van der Waals surface area (Å²) in [5.41, 5.74) is 0. The number of nitrogens with one attached hydrogen (secondary N) is 4. The van der Waals surface area contributed by atoms with Crippen molar-refractivity contribution in [1.29, 1.82) is 0 Å². The van der Waals surface area contributed by atoms with Gasteiger partial charge in [0.05, 0.1) is 0 Å². The summed E-state index contributed by atoms with van der Waals surface area (Å²) < 4.78 is 5.74. The van der Waals surface area contributed by atoms with Crippen LogP contribution in [0.4, 0.5) is 4.79 Å². The van der Waals surface area contributed by atoms with Gasteiger partial charge in [-0.15, -0.1) is 0 Å². The van der Waals surface area contributed by atoms with E-state index in [0.717, 1.165) is 44.9 Å². The van der Waals surface area contributed by atoms with Gasteiger partial charge in [-0.25, -0.2) is 4.79 Å². The highest BCUT2D eigenvalue weighted by Crippen LogP contribution is 2.14. The van der Waals surface area contributed by atoms with Crippen LogP contribution in [0.25, 0.3) is 0 Å². The van der Waals surface area contributed by atoms with E-state index in [0.29, 0.717) is 18.2 Å². The van der Waals surface area contributed by atoms with E-state index in [1.54, 1.807) is 0 Å². The fraction of sp³-hybridized carbons (Fsp3) is 0.579. The van der Waals surface area contributed by atoms with Crippen LogP contribution in [0, 0.1) is 0 Å². The molecule has 1 aromatic rings. The number of hydrogen-bond donors (Lipinski definition) is 4. The minimum Gasteiger partial charge on any atom is -0.488 e. The molecule has 2 rings (SSSR count). The van der Waals surface area contributed by atoms with E-state index in [-0.39, 0.29) is 11.9 Å². The molecule has 1 aliphatic heterocycles. The van der Waals surface area contributed by atoms with E-state index < -0.39 is 6.03 Å². The predicted molar refractivity (Wildman–Crippen MR) is 105 cm³/mol. The highest BCUT2D eigenvalue weighted by molar-refractivity contribution is 6.30. The summed E-state index contributed by atoms with van der Waals surface area (Å²) in [5, 5.41) is 5.86. The maximum absolute atomic E-state index is 12.0. The molecule has 0 aliphatic carbocycles. The Kier molecular flexibility index (Phi) is 8.84. The summed E-state index contributed by atoms with van der Waals surface area (Å²) in [6.45, 7) is 9.63. The van der Waals surface area contributed by atoms with Gasteiger partial charge in [-0.3, -0.25) is 10.1 Å². The average molecular weight is 399 g/mol. The summed E-state index contributed by atoms with van der Waals surface area (Å²) in [6, 6.07) is 7.04. The second-order valence-electron chi connectivity index (χ2n) is 7.06. The highest BCUT2D eigenvalue weighted by Gasteiger charge is 2.25. The Bertz CT molecular complexity index is 603. The maximum Gasteiger partial charge on any atom is 0.321 e. The van der Waals surface area contributed by atoms with Gasteiger partial charge in [0.1, 0.15) is 45.1 Å². The van der Waals surface area contributed by atoms with Crippen molar-refractivity contribution in [2.24, 2.45) is 0 Å². The van der Waals surface area contributed by atoms with Crippen LogP contribution >= 0.6 is 11.6 Å². The Morgan fingerprint density at radius 2 is 1.78 bits per heavy atom. The topological polar surface area (TPSA) is 76.3 Å². The second kappa shape index (κ2) is 11.1. The summed E-state index contributed by atoms with van der Waals surface area (Å²) in [5.74, 6) is 0.607. The van der Waals surface area contributed by atoms with Crippen molar-refractivity contribution in [3.05, 3.63) is 29.3 Å². The van der Waals surface area contributed by atoms with Gasteiger partial charge in [0.15, 0.2) is 6.54 Å². The van der Waals surface area contributed by atoms with Crippen LogP contribution in [0.3, 0.4) is 0 Å². The quantitative estimate of drug-likeness (QED) is 0.459. The van der Waals surface area contributed by atoms with E-state index in [4.69, 9.17) is 16.3 Å². The van der Waals surface area contributed by atoms with Gasteiger partial charge in [0, 0.05) is 11.1 Å². The van der Waals surface area contributed by atoms with Crippen LogP contribution in [0.15, 0.2) is 24.3 Å². The van der Waals surface area contributed by atoms with Crippen LogP contribution in [-0.2, 0) is 4.79 Å². The lowest BCUT2D eigenvalue weighted by Crippen LogP contribution is -3.28. The highest BCUT2D eigenvalue weighted by atomic mass is 35.5. The number of quaternary nitrogens is 2. The molecule has 4 N–H and O–H groups in total. The lowest BCUT2D eigenvalue weighted by molar-refractivity contribution is -1.01. The number of carbonyl (C=O) groups excluding carboxylic acids is 2. The van der Waals surface area contributed by atoms with Gasteiger partial charge in [0.25, 0.3) is 5.91 Å². The van der Waals surface area contributed by atoms with Gasteiger partial charge in [0.2, 0.25) is 0 Å². The lowest BCUT2D eigenvalue weighted by Gasteiger charge is -2.29. The summed E-state index contributed by atoms with van der Waals surface area (Å²) in [7, 11) is 0. The number of benzene rings is 1. The molecule has 0 unspecified atom stereocenters. The van der Waals surface area contributed by atoms with Crippen LogP contribution < -0.4 is 25.2 Å². The molecule has 0 aromatic heterocycles. The fourth-order valence-corrected chi connectivity index (χ4v) is 3.11. The Morgan fingerprint density at radius 3 is 2.41 bits per heavy atom. The van der Waals surface area contributed by atoms with E-state index >= 15 is 0 Å². The monoisotopic (exact) mass is 398 g/mol. The SMILES string of the molecule is CC[C@H](C)NC(=O)NC(=O)C[NH+]1CC[NH+](CCOc2ccc(Cl)cc2)CC1. The largest absolute Gasteiger partial charge is 0.488 e. The fourth-order valence-electron chi connectivity index (χ4n) is 2.99. The Labute approximate surface area is 166 Å². The number of ether oxygens (including phenoxy) is 1. The molecule has 0 saturated carbocycles. The van der Waals surface area contributed by atoms with Gasteiger partial charge in [-0.1, -0.05) is 18.5 Å². The van der Waals surface area contributed by atoms with E-state index in [1.807, 2.05) is 38.1 Å². The van der Waals surface area contributed by atoms with Crippen molar-refractivity contribution in [3.8, 4) is 5.75 Å². The maximum atomic E-state index is 12.0. The smallest absolute Gasteiger partial charge is 0.321 e. The molecular weight excluding hydrogens is 368 g/mol. The lowest BCUT2D eigenvalue weighted by atomic mass is 10.3. The summed E-state index contributed by atoms with van der Waals surface area (Å²) in [6.07, 6.45) is 0.833. The number of hydrogen-bond acceptors (Lipinski definition) is 3. The third-order valence-corrected chi connectivity index (χ3v) is 5.11. The number of carbonyl (C=O) groups is 2. The van der Waals surface area contributed by atoms with Crippen LogP contribution in [0.2, 0.25) is 5.02 Å². The number of imide groups is 1. The zero-order chi connectivity index (χ0) is 19.6. The first-order valence-corrected chi connectivity index (χ1v) is 10.00. The van der Waals surface area contributed by atoms with Gasteiger partial charge in [-0.05, 0) is 37.6 Å². The molecule has 0 radical (unpaired) electrons. The third kappa shape index (κ3) is 8.15. The van der Waals surface area contributed by atoms with E-state index in [1.165, 1.54) is 9.80 Å². The van der Waals surface area contributed by atoms with Crippen molar-refractivity contribution < 1.29 is 24.1 Å². The minimum atomic E-state index is -0.405. The first-order valence-electron chi connectivity index (χ1n) is 9.62. The molecule has 0 spiro atoms. The van der Waals surface area contributed by atoms with Crippen molar-refractivity contribution in [1.82, 2.24) is 10.6 Å². The number of urea groups is 1. The zero-order valence-electron chi connectivity index (χ0n) is 16.1. The second-order valence-corrected chi connectivity index (χ2v) is 7.50. The number of amides is 3. The number of rotatable bonds is 8. The van der Waals surface area contributed by atoms with E-state index in [2.05, 4.69) is 10.6 Å².